The van der Waals surface area contributed by atoms with E-state index in [1.165, 1.54) is 0 Å². The summed E-state index contributed by atoms with van der Waals surface area (Å²) in [6, 6.07) is 21.9. The predicted molar refractivity (Wildman–Crippen MR) is 141 cm³/mol. The first-order chi connectivity index (χ1) is 16.9. The van der Waals surface area contributed by atoms with E-state index in [1.54, 1.807) is 18.7 Å². The Morgan fingerprint density at radius 3 is 2.54 bits per heavy atom. The molecular formula is C27H22ClN3O3S. The summed E-state index contributed by atoms with van der Waals surface area (Å²) in [5.74, 6) is 0.492. The number of carbonyl (C=O) groups excluding carboxylic acids is 1. The van der Waals surface area contributed by atoms with E-state index in [4.69, 9.17) is 21.3 Å². The fourth-order valence-corrected chi connectivity index (χ4v) is 5.39. The minimum atomic E-state index is -0.545. The SMILES string of the molecule is COc1ccc2c(c1)C(c1ccc(Cl)cc1)=NC(CC(=O)Nc1ccccc1)c1sc(=O)n(C)c1-2. The number of hydrogen-bond donors (Lipinski definition) is 1. The second kappa shape index (κ2) is 9.52. The molecule has 8 heteroatoms. The van der Waals surface area contributed by atoms with Crippen molar-refractivity contribution in [2.75, 3.05) is 12.4 Å². The van der Waals surface area contributed by atoms with Gasteiger partial charge in [-0.05, 0) is 42.5 Å². The summed E-state index contributed by atoms with van der Waals surface area (Å²) >= 11 is 7.28. The lowest BCUT2D eigenvalue weighted by molar-refractivity contribution is -0.116. The lowest BCUT2D eigenvalue weighted by Gasteiger charge is -2.14. The third kappa shape index (κ3) is 4.52. The number of hydrogen-bond acceptors (Lipinski definition) is 5. The van der Waals surface area contributed by atoms with Gasteiger partial charge in [-0.2, -0.15) is 0 Å². The van der Waals surface area contributed by atoms with Crippen LogP contribution in [-0.2, 0) is 11.8 Å². The molecule has 35 heavy (non-hydrogen) atoms. The Labute approximate surface area is 211 Å². The molecule has 0 bridgehead atoms. The van der Waals surface area contributed by atoms with Crippen LogP contribution in [0.3, 0.4) is 0 Å². The fraction of sp³-hybridized carbons (Fsp3) is 0.148. The number of benzene rings is 3. The van der Waals surface area contributed by atoms with Crippen molar-refractivity contribution >= 4 is 40.2 Å². The van der Waals surface area contributed by atoms with Crippen LogP contribution in [0.5, 0.6) is 5.75 Å². The predicted octanol–water partition coefficient (Wildman–Crippen LogP) is 5.70. The molecule has 0 saturated carbocycles. The number of thiazole rings is 1. The molecule has 0 fully saturated rings. The average Bonchev–Trinajstić information content (AvgIpc) is 3.09. The number of rotatable bonds is 5. The molecule has 0 aliphatic carbocycles. The van der Waals surface area contributed by atoms with E-state index in [1.807, 2.05) is 72.8 Å². The normalized spacial score (nSPS) is 14.4. The van der Waals surface area contributed by atoms with Gasteiger partial charge in [-0.25, -0.2) is 0 Å². The molecule has 4 aromatic rings. The number of fused-ring (bicyclic) bond motifs is 3. The van der Waals surface area contributed by atoms with Gasteiger partial charge in [-0.15, -0.1) is 0 Å². The van der Waals surface area contributed by atoms with Crippen LogP contribution in [0, 0.1) is 0 Å². The number of anilines is 1. The van der Waals surface area contributed by atoms with E-state index in [-0.39, 0.29) is 17.2 Å². The van der Waals surface area contributed by atoms with Crippen molar-refractivity contribution in [1.29, 1.82) is 0 Å². The Kier molecular flexibility index (Phi) is 6.28. The topological polar surface area (TPSA) is 72.7 Å². The number of aliphatic imine (C=N–C) groups is 1. The first-order valence-electron chi connectivity index (χ1n) is 11.0. The molecule has 5 rings (SSSR count). The van der Waals surface area contributed by atoms with Gasteiger partial charge in [0.05, 0.1) is 35.9 Å². The first kappa shape index (κ1) is 23.1. The van der Waals surface area contributed by atoms with E-state index in [0.717, 1.165) is 38.6 Å². The Balaban J connectivity index is 1.67. The van der Waals surface area contributed by atoms with Gasteiger partial charge in [0.2, 0.25) is 5.91 Å². The van der Waals surface area contributed by atoms with E-state index in [2.05, 4.69) is 5.32 Å². The minimum Gasteiger partial charge on any atom is -0.497 e. The second-order valence-corrected chi connectivity index (χ2v) is 9.60. The molecule has 1 N–H and O–H groups in total. The number of amides is 1. The number of carbonyl (C=O) groups is 1. The zero-order valence-electron chi connectivity index (χ0n) is 19.1. The van der Waals surface area contributed by atoms with Gasteiger partial charge in [-0.3, -0.25) is 14.6 Å². The van der Waals surface area contributed by atoms with E-state index >= 15 is 0 Å². The van der Waals surface area contributed by atoms with Crippen molar-refractivity contribution in [3.63, 3.8) is 0 Å². The number of nitrogens with one attached hydrogen (secondary N) is 1. The number of para-hydroxylation sites is 1. The van der Waals surface area contributed by atoms with Gasteiger partial charge in [-0.1, -0.05) is 53.3 Å². The highest BCUT2D eigenvalue weighted by atomic mass is 35.5. The van der Waals surface area contributed by atoms with Crippen molar-refractivity contribution in [3.05, 3.63) is 103 Å². The summed E-state index contributed by atoms with van der Waals surface area (Å²) in [5.41, 5.74) is 4.74. The summed E-state index contributed by atoms with van der Waals surface area (Å²) in [5, 5.41) is 3.56. The summed E-state index contributed by atoms with van der Waals surface area (Å²) in [7, 11) is 3.36. The third-order valence-corrected chi connectivity index (χ3v) is 7.30. The van der Waals surface area contributed by atoms with Crippen LogP contribution in [0.1, 0.15) is 28.5 Å². The van der Waals surface area contributed by atoms with Gasteiger partial charge < -0.3 is 14.6 Å². The maximum atomic E-state index is 13.1. The molecule has 2 heterocycles. The highest BCUT2D eigenvalue weighted by Gasteiger charge is 2.31. The molecule has 6 nitrogen and oxygen atoms in total. The van der Waals surface area contributed by atoms with Crippen LogP contribution in [-0.4, -0.2) is 23.3 Å². The molecule has 0 radical (unpaired) electrons. The lowest BCUT2D eigenvalue weighted by Crippen LogP contribution is -2.15. The number of aromatic nitrogens is 1. The highest BCUT2D eigenvalue weighted by molar-refractivity contribution is 7.09. The fourth-order valence-electron chi connectivity index (χ4n) is 4.23. The molecule has 3 aromatic carbocycles. The Morgan fingerprint density at radius 1 is 1.09 bits per heavy atom. The summed E-state index contributed by atoms with van der Waals surface area (Å²) in [6.07, 6.45) is 0.0874. The zero-order chi connectivity index (χ0) is 24.5. The van der Waals surface area contributed by atoms with Crippen LogP contribution in [0.25, 0.3) is 11.3 Å². The quantitative estimate of drug-likeness (QED) is 0.380. The molecule has 1 aliphatic heterocycles. The third-order valence-electron chi connectivity index (χ3n) is 5.92. The van der Waals surface area contributed by atoms with E-state index < -0.39 is 6.04 Å². The second-order valence-electron chi connectivity index (χ2n) is 8.17. The lowest BCUT2D eigenvalue weighted by atomic mass is 9.95. The summed E-state index contributed by atoms with van der Waals surface area (Å²) in [6.45, 7) is 0. The molecule has 1 amide bonds. The largest absolute Gasteiger partial charge is 0.497 e. The number of methoxy groups -OCH3 is 1. The molecule has 176 valence electrons. The van der Waals surface area contributed by atoms with Crippen LogP contribution in [0.15, 0.2) is 82.6 Å². The smallest absolute Gasteiger partial charge is 0.307 e. The number of ether oxygens (including phenoxy) is 1. The van der Waals surface area contributed by atoms with E-state index in [9.17, 15) is 9.59 Å². The minimum absolute atomic E-state index is 0.0874. The van der Waals surface area contributed by atoms with Crippen LogP contribution in [0.2, 0.25) is 5.02 Å². The van der Waals surface area contributed by atoms with Crippen LogP contribution < -0.4 is 14.9 Å². The molecule has 0 spiro atoms. The zero-order valence-corrected chi connectivity index (χ0v) is 20.7. The van der Waals surface area contributed by atoms with E-state index in [0.29, 0.717) is 22.2 Å². The van der Waals surface area contributed by atoms with Crippen molar-refractivity contribution in [3.8, 4) is 17.0 Å². The standard InChI is InChI=1S/C27H22ClN3O3S/c1-31-25-20-13-12-19(34-2)14-21(20)24(16-8-10-17(28)11-9-16)30-22(26(25)35-27(31)33)15-23(32)29-18-6-4-3-5-7-18/h3-14,22H,15H2,1-2H3,(H,29,32). The maximum absolute atomic E-state index is 13.1. The highest BCUT2D eigenvalue weighted by Crippen LogP contribution is 2.41. The van der Waals surface area contributed by atoms with Crippen molar-refractivity contribution < 1.29 is 9.53 Å². The van der Waals surface area contributed by atoms with Crippen molar-refractivity contribution in [1.82, 2.24) is 4.57 Å². The molecule has 1 atom stereocenters. The summed E-state index contributed by atoms with van der Waals surface area (Å²) in [4.78, 5) is 31.6. The van der Waals surface area contributed by atoms with Gasteiger partial charge in [0.1, 0.15) is 5.75 Å². The van der Waals surface area contributed by atoms with Gasteiger partial charge in [0, 0.05) is 34.4 Å². The van der Waals surface area contributed by atoms with Crippen molar-refractivity contribution in [2.45, 2.75) is 12.5 Å². The van der Waals surface area contributed by atoms with Gasteiger partial charge in [0.15, 0.2) is 0 Å². The Morgan fingerprint density at radius 2 is 1.83 bits per heavy atom. The Bertz CT molecular complexity index is 1490. The average molecular weight is 504 g/mol. The molecule has 1 aromatic heterocycles. The van der Waals surface area contributed by atoms with Gasteiger partial charge >= 0.3 is 4.87 Å². The van der Waals surface area contributed by atoms with Crippen LogP contribution >= 0.6 is 22.9 Å². The number of nitrogens with zero attached hydrogens (tertiary/aromatic N) is 2. The van der Waals surface area contributed by atoms with Gasteiger partial charge in [0.25, 0.3) is 0 Å². The summed E-state index contributed by atoms with van der Waals surface area (Å²) < 4.78 is 7.13. The first-order valence-corrected chi connectivity index (χ1v) is 12.2. The molecule has 1 unspecified atom stereocenters. The monoisotopic (exact) mass is 503 g/mol. The maximum Gasteiger partial charge on any atom is 0.307 e. The molecule has 0 saturated heterocycles. The van der Waals surface area contributed by atoms with Crippen molar-refractivity contribution in [2.24, 2.45) is 12.0 Å². The molecule has 1 aliphatic rings. The van der Waals surface area contributed by atoms with Crippen LogP contribution in [0.4, 0.5) is 5.69 Å². The Hall–Kier alpha value is -3.68. The number of halogens is 1. The molecular weight excluding hydrogens is 482 g/mol.